The van der Waals surface area contributed by atoms with Gasteiger partial charge in [0.05, 0.1) is 23.9 Å². The first-order valence-electron chi connectivity index (χ1n) is 5.77. The average molecular weight is 283 g/mol. The van der Waals surface area contributed by atoms with Gasteiger partial charge in [-0.1, -0.05) is 0 Å². The minimum atomic E-state index is -3.66. The molecule has 0 unspecified atom stereocenters. The molecule has 0 aliphatic carbocycles. The van der Waals surface area contributed by atoms with Gasteiger partial charge < -0.3 is 10.5 Å². The molecule has 0 saturated heterocycles. The van der Waals surface area contributed by atoms with Crippen LogP contribution in [0.5, 0.6) is 0 Å². The lowest BCUT2D eigenvalue weighted by molar-refractivity contribution is 0.138. The first kappa shape index (κ1) is 15.4. The van der Waals surface area contributed by atoms with Crippen LogP contribution >= 0.6 is 0 Å². The van der Waals surface area contributed by atoms with Crippen molar-refractivity contribution in [3.05, 3.63) is 23.8 Å². The van der Waals surface area contributed by atoms with Gasteiger partial charge in [-0.2, -0.15) is 9.57 Å². The van der Waals surface area contributed by atoms with E-state index in [1.54, 1.807) is 0 Å². The van der Waals surface area contributed by atoms with Crippen molar-refractivity contribution in [2.24, 2.45) is 0 Å². The number of nitrogens with zero attached hydrogens (tertiary/aromatic N) is 2. The second kappa shape index (κ2) is 6.52. The molecule has 1 rings (SSSR count). The summed E-state index contributed by atoms with van der Waals surface area (Å²) in [4.78, 5) is 0.00509. The van der Waals surface area contributed by atoms with E-state index >= 15 is 0 Å². The molecule has 0 aromatic heterocycles. The van der Waals surface area contributed by atoms with E-state index in [0.717, 1.165) is 0 Å². The van der Waals surface area contributed by atoms with Gasteiger partial charge in [-0.15, -0.1) is 0 Å². The molecule has 6 nitrogen and oxygen atoms in total. The van der Waals surface area contributed by atoms with E-state index in [1.807, 2.05) is 13.0 Å². The maximum Gasteiger partial charge on any atom is 0.244 e. The van der Waals surface area contributed by atoms with Gasteiger partial charge in [-0.3, -0.25) is 0 Å². The zero-order chi connectivity index (χ0) is 14.5. The molecule has 0 bridgehead atoms. The quantitative estimate of drug-likeness (QED) is 0.615. The molecule has 1 aromatic carbocycles. The molecule has 1 aromatic rings. The molecule has 7 heteroatoms. The van der Waals surface area contributed by atoms with Crippen LogP contribution < -0.4 is 5.73 Å². The number of anilines is 1. The maximum atomic E-state index is 12.3. The number of ether oxygens (including phenoxy) is 1. The van der Waals surface area contributed by atoms with Crippen molar-refractivity contribution >= 4 is 15.7 Å². The molecule has 0 aliphatic heterocycles. The van der Waals surface area contributed by atoms with Crippen molar-refractivity contribution in [3.63, 3.8) is 0 Å². The summed E-state index contributed by atoms with van der Waals surface area (Å²) < 4.78 is 30.8. The summed E-state index contributed by atoms with van der Waals surface area (Å²) in [5.74, 6) is 0. The molecule has 0 fully saturated rings. The first-order chi connectivity index (χ1) is 8.93. The number of nitrogen functional groups attached to an aromatic ring is 1. The summed E-state index contributed by atoms with van der Waals surface area (Å²) in [6.07, 6.45) is 0. The van der Waals surface area contributed by atoms with E-state index in [9.17, 15) is 8.42 Å². The Balaban J connectivity index is 2.97. The number of likely N-dealkylation sites (N-methyl/N-ethyl adjacent to an activating group) is 1. The van der Waals surface area contributed by atoms with Crippen molar-refractivity contribution in [1.82, 2.24) is 4.31 Å². The number of sulfonamides is 1. The molecule has 104 valence electrons. The van der Waals surface area contributed by atoms with Crippen molar-refractivity contribution in [3.8, 4) is 6.07 Å². The van der Waals surface area contributed by atoms with E-state index in [1.165, 1.54) is 29.6 Å². The lowest BCUT2D eigenvalue weighted by atomic mass is 10.2. The average Bonchev–Trinajstić information content (AvgIpc) is 2.38. The molecular formula is C12H17N3O3S. The predicted octanol–water partition coefficient (Wildman–Crippen LogP) is 0.797. The highest BCUT2D eigenvalue weighted by molar-refractivity contribution is 7.89. The molecular weight excluding hydrogens is 266 g/mol. The Kier molecular flexibility index (Phi) is 5.30. The molecule has 0 atom stereocenters. The second-order valence-electron chi connectivity index (χ2n) is 3.89. The van der Waals surface area contributed by atoms with Crippen LogP contribution in [0.2, 0.25) is 0 Å². The summed E-state index contributed by atoms with van der Waals surface area (Å²) in [7, 11) is -2.19. The van der Waals surface area contributed by atoms with Gasteiger partial charge >= 0.3 is 0 Å². The minimum absolute atomic E-state index is 0.00509. The molecule has 0 radical (unpaired) electrons. The molecule has 2 N–H and O–H groups in total. The van der Waals surface area contributed by atoms with Gasteiger partial charge in [-0.05, 0) is 25.1 Å². The van der Waals surface area contributed by atoms with Gasteiger partial charge in [0.25, 0.3) is 0 Å². The summed E-state index contributed by atoms with van der Waals surface area (Å²) in [6.45, 7) is 2.94. The summed E-state index contributed by atoms with van der Waals surface area (Å²) >= 11 is 0. The fourth-order valence-corrected chi connectivity index (χ4v) is 2.73. The fraction of sp³-hybridized carbons (Fsp3) is 0.417. The zero-order valence-electron chi connectivity index (χ0n) is 11.0. The minimum Gasteiger partial charge on any atom is -0.398 e. The van der Waals surface area contributed by atoms with E-state index in [4.69, 9.17) is 15.7 Å². The maximum absolute atomic E-state index is 12.3. The number of hydrogen-bond donors (Lipinski definition) is 1. The van der Waals surface area contributed by atoms with Gasteiger partial charge in [0.15, 0.2) is 0 Å². The Hall–Kier alpha value is -1.62. The number of rotatable bonds is 6. The second-order valence-corrected chi connectivity index (χ2v) is 5.90. The van der Waals surface area contributed by atoms with Gasteiger partial charge in [-0.25, -0.2) is 8.42 Å². The highest BCUT2D eigenvalue weighted by atomic mass is 32.2. The third kappa shape index (κ3) is 3.67. The number of nitriles is 1. The Bertz CT molecular complexity index is 578. The lowest BCUT2D eigenvalue weighted by Crippen LogP contribution is -2.30. The number of benzene rings is 1. The molecule has 0 heterocycles. The van der Waals surface area contributed by atoms with Gasteiger partial charge in [0.1, 0.15) is 4.90 Å². The summed E-state index contributed by atoms with van der Waals surface area (Å²) in [5, 5.41) is 8.73. The predicted molar refractivity (Wildman–Crippen MR) is 71.9 cm³/mol. The van der Waals surface area contributed by atoms with Gasteiger partial charge in [0, 0.05) is 20.2 Å². The molecule has 19 heavy (non-hydrogen) atoms. The van der Waals surface area contributed by atoms with Crippen LogP contribution in [0.4, 0.5) is 5.69 Å². The normalized spacial score (nSPS) is 11.5. The van der Waals surface area contributed by atoms with Crippen LogP contribution in [0.3, 0.4) is 0 Å². The van der Waals surface area contributed by atoms with Crippen molar-refractivity contribution in [2.45, 2.75) is 11.8 Å². The third-order valence-electron chi connectivity index (χ3n) is 2.58. The molecule has 0 saturated carbocycles. The van der Waals surface area contributed by atoms with E-state index < -0.39 is 10.0 Å². The summed E-state index contributed by atoms with van der Waals surface area (Å²) in [5.41, 5.74) is 6.09. The Morgan fingerprint density at radius 3 is 2.68 bits per heavy atom. The van der Waals surface area contributed by atoms with E-state index in [-0.39, 0.29) is 17.1 Å². The van der Waals surface area contributed by atoms with Crippen LogP contribution in [-0.4, -0.2) is 39.5 Å². The largest absolute Gasteiger partial charge is 0.398 e. The highest BCUT2D eigenvalue weighted by Crippen LogP contribution is 2.22. The van der Waals surface area contributed by atoms with Crippen molar-refractivity contribution in [1.29, 1.82) is 5.26 Å². The molecule has 0 spiro atoms. The van der Waals surface area contributed by atoms with Crippen LogP contribution in [0.1, 0.15) is 12.5 Å². The van der Waals surface area contributed by atoms with Crippen molar-refractivity contribution in [2.75, 3.05) is 32.5 Å². The van der Waals surface area contributed by atoms with Crippen LogP contribution in [0, 0.1) is 11.3 Å². The smallest absolute Gasteiger partial charge is 0.244 e. The summed E-state index contributed by atoms with van der Waals surface area (Å²) in [6, 6.07) is 6.04. The third-order valence-corrected chi connectivity index (χ3v) is 4.51. The fourth-order valence-electron chi connectivity index (χ4n) is 1.48. The monoisotopic (exact) mass is 283 g/mol. The van der Waals surface area contributed by atoms with E-state index in [2.05, 4.69) is 0 Å². The highest BCUT2D eigenvalue weighted by Gasteiger charge is 2.23. The first-order valence-corrected chi connectivity index (χ1v) is 7.21. The number of hydrogen-bond acceptors (Lipinski definition) is 5. The van der Waals surface area contributed by atoms with Crippen LogP contribution in [0.15, 0.2) is 23.1 Å². The van der Waals surface area contributed by atoms with E-state index in [0.29, 0.717) is 18.8 Å². The lowest BCUT2D eigenvalue weighted by Gasteiger charge is -2.18. The molecule has 0 amide bonds. The van der Waals surface area contributed by atoms with Crippen LogP contribution in [0.25, 0.3) is 0 Å². The van der Waals surface area contributed by atoms with Crippen LogP contribution in [-0.2, 0) is 14.8 Å². The standard InChI is InChI=1S/C12H17N3O3S/c1-3-18-7-6-15(2)19(16,17)12-5-4-10(9-13)8-11(12)14/h4-5,8H,3,6-7,14H2,1-2H3. The van der Waals surface area contributed by atoms with Crippen molar-refractivity contribution < 1.29 is 13.2 Å². The number of nitrogens with two attached hydrogens (primary N) is 1. The SMILES string of the molecule is CCOCCN(C)S(=O)(=O)c1ccc(C#N)cc1N. The zero-order valence-corrected chi connectivity index (χ0v) is 11.8. The Labute approximate surface area is 113 Å². The topological polar surface area (TPSA) is 96.4 Å². The molecule has 0 aliphatic rings. The Morgan fingerprint density at radius 2 is 2.16 bits per heavy atom. The Morgan fingerprint density at radius 1 is 1.47 bits per heavy atom. The van der Waals surface area contributed by atoms with Gasteiger partial charge in [0.2, 0.25) is 10.0 Å².